The van der Waals surface area contributed by atoms with Crippen molar-refractivity contribution in [2.75, 3.05) is 32.8 Å². The zero-order valence-corrected chi connectivity index (χ0v) is 19.8. The summed E-state index contributed by atoms with van der Waals surface area (Å²) in [6.07, 6.45) is 1.73. The molecule has 1 amide bonds. The lowest BCUT2D eigenvalue weighted by Gasteiger charge is -2.28. The van der Waals surface area contributed by atoms with Gasteiger partial charge in [-0.3, -0.25) is 9.69 Å². The van der Waals surface area contributed by atoms with E-state index in [2.05, 4.69) is 43.0 Å². The van der Waals surface area contributed by atoms with E-state index in [1.807, 2.05) is 23.1 Å². The van der Waals surface area contributed by atoms with Crippen LogP contribution >= 0.6 is 11.6 Å². The van der Waals surface area contributed by atoms with Gasteiger partial charge in [0.15, 0.2) is 11.5 Å². The number of carbonyl (C=O) groups excluding carboxylic acids is 1. The van der Waals surface area contributed by atoms with E-state index in [1.54, 1.807) is 0 Å². The van der Waals surface area contributed by atoms with E-state index in [0.29, 0.717) is 48.7 Å². The van der Waals surface area contributed by atoms with Gasteiger partial charge in [0.05, 0.1) is 24.2 Å². The summed E-state index contributed by atoms with van der Waals surface area (Å²) in [5, 5.41) is 0.558. The number of hydrogen-bond donors (Lipinski definition) is 0. The predicted octanol–water partition coefficient (Wildman–Crippen LogP) is 5.01. The molecule has 1 unspecified atom stereocenters. The molecule has 6 heteroatoms. The SMILES string of the molecule is CC(C)CN(Cc1ccc2c(c1Cl)OCCCO2)C(=O)C1CCN(Cc2ccccc2)C1. The summed E-state index contributed by atoms with van der Waals surface area (Å²) in [6, 6.07) is 14.3. The fourth-order valence-electron chi connectivity index (χ4n) is 4.52. The van der Waals surface area contributed by atoms with Crippen molar-refractivity contribution in [2.45, 2.75) is 39.8 Å². The molecule has 5 nitrogen and oxygen atoms in total. The number of likely N-dealkylation sites (tertiary alicyclic amines) is 1. The molecular weight excluding hydrogens is 424 g/mol. The first kappa shape index (κ1) is 22.9. The number of fused-ring (bicyclic) bond motifs is 1. The van der Waals surface area contributed by atoms with Crippen LogP contribution in [0, 0.1) is 11.8 Å². The Morgan fingerprint density at radius 2 is 1.94 bits per heavy atom. The Labute approximate surface area is 196 Å². The van der Waals surface area contributed by atoms with Crippen LogP contribution in [0.4, 0.5) is 0 Å². The number of carbonyl (C=O) groups is 1. The molecule has 0 N–H and O–H groups in total. The van der Waals surface area contributed by atoms with Gasteiger partial charge in [-0.25, -0.2) is 0 Å². The molecule has 0 aliphatic carbocycles. The Bertz CT molecular complexity index is 919. The number of hydrogen-bond acceptors (Lipinski definition) is 4. The molecule has 0 radical (unpaired) electrons. The quantitative estimate of drug-likeness (QED) is 0.587. The van der Waals surface area contributed by atoms with Gasteiger partial charge in [-0.15, -0.1) is 0 Å². The molecule has 32 heavy (non-hydrogen) atoms. The second-order valence-corrected chi connectivity index (χ2v) is 9.61. The standard InChI is InChI=1S/C26H33ClN2O3/c1-19(2)15-29(18-21-9-10-23-25(24(21)27)32-14-6-13-31-23)26(30)22-11-12-28(17-22)16-20-7-4-3-5-8-20/h3-5,7-10,19,22H,6,11-18H2,1-2H3. The number of amides is 1. The Balaban J connectivity index is 1.45. The number of nitrogens with zero attached hydrogens (tertiary/aromatic N) is 2. The van der Waals surface area contributed by atoms with Crippen LogP contribution in [-0.4, -0.2) is 48.6 Å². The van der Waals surface area contributed by atoms with Gasteiger partial charge in [0.1, 0.15) is 0 Å². The first-order valence-electron chi connectivity index (χ1n) is 11.6. The van der Waals surface area contributed by atoms with E-state index < -0.39 is 0 Å². The molecule has 2 heterocycles. The van der Waals surface area contributed by atoms with Gasteiger partial charge >= 0.3 is 0 Å². The van der Waals surface area contributed by atoms with Crippen LogP contribution in [0.5, 0.6) is 11.5 Å². The smallest absolute Gasteiger partial charge is 0.227 e. The first-order valence-corrected chi connectivity index (χ1v) is 12.0. The first-order chi connectivity index (χ1) is 15.5. The van der Waals surface area contributed by atoms with Gasteiger partial charge in [-0.05, 0) is 36.1 Å². The number of benzene rings is 2. The molecule has 2 aromatic carbocycles. The highest BCUT2D eigenvalue weighted by atomic mass is 35.5. The van der Waals surface area contributed by atoms with Crippen LogP contribution in [0.2, 0.25) is 5.02 Å². The third-order valence-electron chi connectivity index (χ3n) is 6.06. The van der Waals surface area contributed by atoms with Gasteiger partial charge in [0, 0.05) is 32.6 Å². The van der Waals surface area contributed by atoms with Gasteiger partial charge < -0.3 is 14.4 Å². The maximum atomic E-state index is 13.5. The average Bonchev–Trinajstić information content (AvgIpc) is 3.10. The fraction of sp³-hybridized carbons (Fsp3) is 0.500. The van der Waals surface area contributed by atoms with Crippen molar-refractivity contribution in [3.05, 3.63) is 58.6 Å². The van der Waals surface area contributed by atoms with Crippen LogP contribution in [0.3, 0.4) is 0 Å². The molecule has 2 aliphatic rings. The Hall–Kier alpha value is -2.24. The maximum absolute atomic E-state index is 13.5. The second-order valence-electron chi connectivity index (χ2n) is 9.24. The average molecular weight is 457 g/mol. The molecular formula is C26H33ClN2O3. The number of rotatable bonds is 7. The lowest BCUT2D eigenvalue weighted by Crippen LogP contribution is -2.39. The molecule has 1 saturated heterocycles. The maximum Gasteiger partial charge on any atom is 0.227 e. The lowest BCUT2D eigenvalue weighted by atomic mass is 10.0. The molecule has 0 saturated carbocycles. The minimum Gasteiger partial charge on any atom is -0.490 e. The zero-order valence-electron chi connectivity index (χ0n) is 19.1. The molecule has 0 bridgehead atoms. The van der Waals surface area contributed by atoms with Crippen molar-refractivity contribution in [3.63, 3.8) is 0 Å². The van der Waals surface area contributed by atoms with Crippen molar-refractivity contribution in [2.24, 2.45) is 11.8 Å². The summed E-state index contributed by atoms with van der Waals surface area (Å²) < 4.78 is 11.6. The predicted molar refractivity (Wildman–Crippen MR) is 127 cm³/mol. The topological polar surface area (TPSA) is 42.0 Å². The summed E-state index contributed by atoms with van der Waals surface area (Å²) in [7, 11) is 0. The molecule has 4 rings (SSSR count). The van der Waals surface area contributed by atoms with E-state index in [0.717, 1.165) is 38.0 Å². The lowest BCUT2D eigenvalue weighted by molar-refractivity contribution is -0.136. The van der Waals surface area contributed by atoms with Gasteiger partial charge in [0.25, 0.3) is 0 Å². The van der Waals surface area contributed by atoms with Gasteiger partial charge in [0.2, 0.25) is 5.91 Å². The molecule has 172 valence electrons. The summed E-state index contributed by atoms with van der Waals surface area (Å²) in [5.41, 5.74) is 2.20. The van der Waals surface area contributed by atoms with Crippen LogP contribution in [0.15, 0.2) is 42.5 Å². The normalized spacial score (nSPS) is 18.6. The Morgan fingerprint density at radius 3 is 2.72 bits per heavy atom. The zero-order chi connectivity index (χ0) is 22.5. The van der Waals surface area contributed by atoms with Gasteiger partial charge in [-0.2, -0.15) is 0 Å². The van der Waals surface area contributed by atoms with Crippen LogP contribution < -0.4 is 9.47 Å². The summed E-state index contributed by atoms with van der Waals surface area (Å²) >= 11 is 6.71. The highest BCUT2D eigenvalue weighted by Crippen LogP contribution is 2.39. The molecule has 0 aromatic heterocycles. The minimum atomic E-state index is 0.0247. The Kier molecular flexibility index (Phi) is 7.59. The van der Waals surface area contributed by atoms with E-state index in [9.17, 15) is 4.79 Å². The molecule has 2 aliphatic heterocycles. The van der Waals surface area contributed by atoms with Crippen LogP contribution in [0.25, 0.3) is 0 Å². The molecule has 1 atom stereocenters. The van der Waals surface area contributed by atoms with Crippen molar-refractivity contribution in [3.8, 4) is 11.5 Å². The van der Waals surface area contributed by atoms with E-state index >= 15 is 0 Å². The van der Waals surface area contributed by atoms with Crippen molar-refractivity contribution in [1.29, 1.82) is 0 Å². The van der Waals surface area contributed by atoms with Crippen molar-refractivity contribution in [1.82, 2.24) is 9.80 Å². The van der Waals surface area contributed by atoms with E-state index in [1.165, 1.54) is 5.56 Å². The summed E-state index contributed by atoms with van der Waals surface area (Å²) in [6.45, 7) is 9.34. The minimum absolute atomic E-state index is 0.0247. The highest BCUT2D eigenvalue weighted by Gasteiger charge is 2.32. The van der Waals surface area contributed by atoms with Crippen molar-refractivity contribution >= 4 is 17.5 Å². The Morgan fingerprint density at radius 1 is 1.16 bits per heavy atom. The third kappa shape index (κ3) is 5.57. The highest BCUT2D eigenvalue weighted by molar-refractivity contribution is 6.33. The third-order valence-corrected chi connectivity index (χ3v) is 6.48. The summed E-state index contributed by atoms with van der Waals surface area (Å²) in [5.74, 6) is 1.91. The fourth-order valence-corrected chi connectivity index (χ4v) is 4.79. The van der Waals surface area contributed by atoms with Gasteiger partial charge in [-0.1, -0.05) is 61.8 Å². The molecule has 1 fully saturated rings. The monoisotopic (exact) mass is 456 g/mol. The number of halogens is 1. The summed E-state index contributed by atoms with van der Waals surface area (Å²) in [4.78, 5) is 17.9. The van der Waals surface area contributed by atoms with Crippen LogP contribution in [-0.2, 0) is 17.9 Å². The van der Waals surface area contributed by atoms with Crippen molar-refractivity contribution < 1.29 is 14.3 Å². The molecule has 2 aromatic rings. The number of ether oxygens (including phenoxy) is 2. The van der Waals surface area contributed by atoms with E-state index in [4.69, 9.17) is 21.1 Å². The second kappa shape index (κ2) is 10.6. The van der Waals surface area contributed by atoms with E-state index in [-0.39, 0.29) is 11.8 Å². The van der Waals surface area contributed by atoms with Crippen LogP contribution in [0.1, 0.15) is 37.8 Å². The molecule has 0 spiro atoms. The largest absolute Gasteiger partial charge is 0.490 e.